The molecule has 0 saturated carbocycles. The van der Waals surface area contributed by atoms with E-state index >= 15 is 0 Å². The number of phenols is 2. The van der Waals surface area contributed by atoms with Crippen LogP contribution in [-0.4, -0.2) is 23.3 Å². The van der Waals surface area contributed by atoms with Gasteiger partial charge in [-0.25, -0.2) is 0 Å². The molecule has 0 heterocycles. The third-order valence-electron chi connectivity index (χ3n) is 2.15. The Morgan fingerprint density at radius 2 is 1.88 bits per heavy atom. The van der Waals surface area contributed by atoms with Gasteiger partial charge in [0.1, 0.15) is 0 Å². The lowest BCUT2D eigenvalue weighted by Crippen LogP contribution is -2.17. The summed E-state index contributed by atoms with van der Waals surface area (Å²) in [5.74, 6) is 4.57. The Morgan fingerprint density at radius 3 is 2.50 bits per heavy atom. The van der Waals surface area contributed by atoms with Gasteiger partial charge in [-0.2, -0.15) is 0 Å². The van der Waals surface area contributed by atoms with Crippen LogP contribution in [0, 0.1) is 24.7 Å². The molecule has 0 radical (unpaired) electrons. The van der Waals surface area contributed by atoms with Crippen LogP contribution in [0.25, 0.3) is 0 Å². The molecular weight excluding hydrogens is 202 g/mol. The molecule has 0 spiro atoms. The summed E-state index contributed by atoms with van der Waals surface area (Å²) in [5.41, 5.74) is 1.39. The zero-order chi connectivity index (χ0) is 12.0. The number of aromatic hydroxyl groups is 2. The number of hydrogen-bond donors (Lipinski definition) is 3. The molecule has 1 aromatic rings. The highest BCUT2D eigenvalue weighted by Crippen LogP contribution is 2.28. The van der Waals surface area contributed by atoms with Crippen LogP contribution in [0.1, 0.15) is 11.1 Å². The van der Waals surface area contributed by atoms with E-state index in [4.69, 9.17) is 12.8 Å². The summed E-state index contributed by atoms with van der Waals surface area (Å²) in [6.07, 6.45) is 11.0. The van der Waals surface area contributed by atoms with Crippen molar-refractivity contribution >= 4 is 0 Å². The standard InChI is InChI=1S/C13H13NO2/c1-3-6-14-7-5-11-9-13(16)12(15)8-10(11)4-2/h1-2,8-9,14-16H,5-7H2. The van der Waals surface area contributed by atoms with Gasteiger partial charge in [0, 0.05) is 12.1 Å². The molecule has 0 amide bonds. The minimum Gasteiger partial charge on any atom is -0.504 e. The molecule has 1 aromatic carbocycles. The molecule has 3 N–H and O–H groups in total. The number of rotatable bonds is 4. The van der Waals surface area contributed by atoms with Gasteiger partial charge in [-0.1, -0.05) is 11.8 Å². The molecule has 0 atom stereocenters. The first-order chi connectivity index (χ1) is 7.69. The van der Waals surface area contributed by atoms with Crippen LogP contribution < -0.4 is 5.32 Å². The van der Waals surface area contributed by atoms with Gasteiger partial charge in [0.05, 0.1) is 6.54 Å². The van der Waals surface area contributed by atoms with Crippen molar-refractivity contribution in [3.8, 4) is 36.2 Å². The number of nitrogens with one attached hydrogen (secondary N) is 1. The third-order valence-corrected chi connectivity index (χ3v) is 2.15. The molecule has 0 fully saturated rings. The van der Waals surface area contributed by atoms with E-state index in [1.165, 1.54) is 12.1 Å². The summed E-state index contributed by atoms with van der Waals surface area (Å²) < 4.78 is 0. The minimum absolute atomic E-state index is 0.161. The smallest absolute Gasteiger partial charge is 0.158 e. The van der Waals surface area contributed by atoms with Gasteiger partial charge >= 0.3 is 0 Å². The van der Waals surface area contributed by atoms with E-state index in [1.807, 2.05) is 0 Å². The highest BCUT2D eigenvalue weighted by Gasteiger charge is 2.06. The summed E-state index contributed by atoms with van der Waals surface area (Å²) in [6, 6.07) is 2.86. The molecule has 1 rings (SSSR count). The maximum Gasteiger partial charge on any atom is 0.158 e. The Labute approximate surface area is 95.1 Å². The van der Waals surface area contributed by atoms with E-state index in [-0.39, 0.29) is 11.5 Å². The van der Waals surface area contributed by atoms with Crippen molar-refractivity contribution < 1.29 is 10.2 Å². The number of benzene rings is 1. The molecular formula is C13H13NO2. The van der Waals surface area contributed by atoms with Crippen molar-refractivity contribution in [1.29, 1.82) is 0 Å². The summed E-state index contributed by atoms with van der Waals surface area (Å²) in [6.45, 7) is 1.17. The molecule has 0 aliphatic carbocycles. The Hall–Kier alpha value is -2.10. The second-order valence-corrected chi connectivity index (χ2v) is 3.27. The van der Waals surface area contributed by atoms with Crippen molar-refractivity contribution in [3.05, 3.63) is 23.3 Å². The molecule has 3 heteroatoms. The van der Waals surface area contributed by atoms with Crippen LogP contribution in [0.2, 0.25) is 0 Å². The van der Waals surface area contributed by atoms with Crippen molar-refractivity contribution in [3.63, 3.8) is 0 Å². The molecule has 0 bridgehead atoms. The minimum atomic E-state index is -0.201. The average Bonchev–Trinajstić information content (AvgIpc) is 2.28. The van der Waals surface area contributed by atoms with E-state index in [0.29, 0.717) is 25.1 Å². The quantitative estimate of drug-likeness (QED) is 0.396. The molecule has 16 heavy (non-hydrogen) atoms. The first kappa shape index (κ1) is 12.0. The lowest BCUT2D eigenvalue weighted by atomic mass is 10.0. The van der Waals surface area contributed by atoms with Gasteiger partial charge in [0.2, 0.25) is 0 Å². The molecule has 0 aliphatic rings. The van der Waals surface area contributed by atoms with E-state index in [1.54, 1.807) is 0 Å². The Kier molecular flexibility index (Phi) is 4.27. The fraction of sp³-hybridized carbons (Fsp3) is 0.231. The summed E-state index contributed by atoms with van der Waals surface area (Å²) >= 11 is 0. The van der Waals surface area contributed by atoms with Crippen molar-refractivity contribution in [1.82, 2.24) is 5.32 Å². The monoisotopic (exact) mass is 215 g/mol. The molecule has 0 aliphatic heterocycles. The largest absolute Gasteiger partial charge is 0.504 e. The van der Waals surface area contributed by atoms with Gasteiger partial charge in [-0.05, 0) is 24.1 Å². The van der Waals surface area contributed by atoms with Crippen LogP contribution in [0.5, 0.6) is 11.5 Å². The van der Waals surface area contributed by atoms with Gasteiger partial charge < -0.3 is 15.5 Å². The van der Waals surface area contributed by atoms with E-state index in [9.17, 15) is 10.2 Å². The second kappa shape index (κ2) is 5.70. The average molecular weight is 215 g/mol. The normalized spacial score (nSPS) is 9.38. The zero-order valence-corrected chi connectivity index (χ0v) is 8.83. The third kappa shape index (κ3) is 2.95. The Morgan fingerprint density at radius 1 is 1.19 bits per heavy atom. The van der Waals surface area contributed by atoms with E-state index in [0.717, 1.165) is 5.56 Å². The van der Waals surface area contributed by atoms with Crippen LogP contribution in [-0.2, 0) is 6.42 Å². The summed E-state index contributed by atoms with van der Waals surface area (Å²) in [7, 11) is 0. The molecule has 0 unspecified atom stereocenters. The summed E-state index contributed by atoms with van der Waals surface area (Å²) in [5, 5.41) is 21.6. The topological polar surface area (TPSA) is 52.5 Å². The van der Waals surface area contributed by atoms with Gasteiger partial charge in [-0.3, -0.25) is 0 Å². The Balaban J connectivity index is 2.76. The van der Waals surface area contributed by atoms with E-state index in [2.05, 4.69) is 17.2 Å². The van der Waals surface area contributed by atoms with Crippen molar-refractivity contribution in [2.75, 3.05) is 13.1 Å². The Bertz CT molecular complexity index is 452. The maximum absolute atomic E-state index is 9.35. The number of hydrogen-bond acceptors (Lipinski definition) is 3. The zero-order valence-electron chi connectivity index (χ0n) is 8.83. The second-order valence-electron chi connectivity index (χ2n) is 3.27. The molecule has 3 nitrogen and oxygen atoms in total. The van der Waals surface area contributed by atoms with Crippen LogP contribution >= 0.6 is 0 Å². The molecule has 0 aromatic heterocycles. The van der Waals surface area contributed by atoms with Gasteiger partial charge in [-0.15, -0.1) is 12.8 Å². The lowest BCUT2D eigenvalue weighted by molar-refractivity contribution is 0.403. The highest BCUT2D eigenvalue weighted by molar-refractivity contribution is 5.51. The van der Waals surface area contributed by atoms with Crippen molar-refractivity contribution in [2.45, 2.75) is 6.42 Å². The van der Waals surface area contributed by atoms with Crippen molar-refractivity contribution in [2.24, 2.45) is 0 Å². The number of phenolic OH excluding ortho intramolecular Hbond substituents is 2. The lowest BCUT2D eigenvalue weighted by Gasteiger charge is -2.07. The SMILES string of the molecule is C#CCNCCc1cc(O)c(O)cc1C#C. The molecule has 82 valence electrons. The number of terminal acetylenes is 2. The van der Waals surface area contributed by atoms with Crippen LogP contribution in [0.15, 0.2) is 12.1 Å². The first-order valence-electron chi connectivity index (χ1n) is 4.84. The van der Waals surface area contributed by atoms with Gasteiger partial charge in [0.25, 0.3) is 0 Å². The molecule has 0 saturated heterocycles. The summed E-state index contributed by atoms with van der Waals surface area (Å²) in [4.78, 5) is 0. The van der Waals surface area contributed by atoms with Crippen LogP contribution in [0.3, 0.4) is 0 Å². The van der Waals surface area contributed by atoms with Gasteiger partial charge in [0.15, 0.2) is 11.5 Å². The maximum atomic E-state index is 9.35. The predicted octanol–water partition coefficient (Wildman–Crippen LogP) is 0.844. The fourth-order valence-corrected chi connectivity index (χ4v) is 1.34. The predicted molar refractivity (Wildman–Crippen MR) is 63.1 cm³/mol. The fourth-order valence-electron chi connectivity index (χ4n) is 1.34. The van der Waals surface area contributed by atoms with Crippen LogP contribution in [0.4, 0.5) is 0 Å². The van der Waals surface area contributed by atoms with E-state index < -0.39 is 0 Å². The highest BCUT2D eigenvalue weighted by atomic mass is 16.3. The first-order valence-corrected chi connectivity index (χ1v) is 4.84.